The Morgan fingerprint density at radius 1 is 1.19 bits per heavy atom. The molecule has 7 nitrogen and oxygen atoms in total. The van der Waals surface area contributed by atoms with Gasteiger partial charge in [0.15, 0.2) is 0 Å². The number of rotatable bonds is 2. The van der Waals surface area contributed by atoms with Crippen molar-refractivity contribution in [1.82, 2.24) is 14.9 Å². The molecule has 2 aromatic rings. The number of nitriles is 1. The SMILES string of the molecule is N#Cc1ccc(N2C[C@@]3(CCN(C(=O)c4cnccn4)C3)CC2=O)cc1. The summed E-state index contributed by atoms with van der Waals surface area (Å²) in [5.41, 5.74) is 1.47. The fraction of sp³-hybridized carbons (Fsp3) is 0.316. The molecule has 26 heavy (non-hydrogen) atoms. The van der Waals surface area contributed by atoms with E-state index in [0.29, 0.717) is 37.3 Å². The van der Waals surface area contributed by atoms with Crippen molar-refractivity contribution in [3.8, 4) is 6.07 Å². The van der Waals surface area contributed by atoms with E-state index in [4.69, 9.17) is 5.26 Å². The van der Waals surface area contributed by atoms with Crippen LogP contribution in [-0.4, -0.2) is 46.3 Å². The fourth-order valence-corrected chi connectivity index (χ4v) is 3.80. The molecule has 1 aromatic carbocycles. The van der Waals surface area contributed by atoms with E-state index in [1.54, 1.807) is 34.1 Å². The van der Waals surface area contributed by atoms with Crippen LogP contribution in [0.3, 0.4) is 0 Å². The van der Waals surface area contributed by atoms with Crippen molar-refractivity contribution in [3.05, 3.63) is 54.1 Å². The van der Waals surface area contributed by atoms with Crippen molar-refractivity contribution in [3.63, 3.8) is 0 Å². The van der Waals surface area contributed by atoms with Crippen LogP contribution in [-0.2, 0) is 4.79 Å². The van der Waals surface area contributed by atoms with Crippen molar-refractivity contribution < 1.29 is 9.59 Å². The summed E-state index contributed by atoms with van der Waals surface area (Å²) in [6.07, 6.45) is 5.73. The fourth-order valence-electron chi connectivity index (χ4n) is 3.80. The molecule has 1 spiro atoms. The largest absolute Gasteiger partial charge is 0.337 e. The summed E-state index contributed by atoms with van der Waals surface area (Å²) in [6, 6.07) is 9.11. The molecule has 2 aliphatic heterocycles. The van der Waals surface area contributed by atoms with E-state index in [1.807, 2.05) is 0 Å². The number of anilines is 1. The average molecular weight is 347 g/mol. The van der Waals surface area contributed by atoms with Gasteiger partial charge in [-0.25, -0.2) is 4.98 Å². The molecule has 1 aromatic heterocycles. The Hall–Kier alpha value is -3.27. The molecule has 2 fully saturated rings. The Balaban J connectivity index is 1.49. The minimum Gasteiger partial charge on any atom is -0.337 e. The molecule has 3 heterocycles. The normalized spacial score (nSPS) is 22.0. The Labute approximate surface area is 150 Å². The molecule has 2 saturated heterocycles. The van der Waals surface area contributed by atoms with Crippen LogP contribution in [0.2, 0.25) is 0 Å². The number of nitrogens with zero attached hydrogens (tertiary/aromatic N) is 5. The zero-order valence-electron chi connectivity index (χ0n) is 14.1. The van der Waals surface area contributed by atoms with E-state index in [2.05, 4.69) is 16.0 Å². The van der Waals surface area contributed by atoms with Gasteiger partial charge in [-0.2, -0.15) is 5.26 Å². The maximum absolute atomic E-state index is 12.6. The van der Waals surface area contributed by atoms with Gasteiger partial charge in [-0.15, -0.1) is 0 Å². The summed E-state index contributed by atoms with van der Waals surface area (Å²) in [4.78, 5) is 36.7. The molecule has 0 unspecified atom stereocenters. The summed E-state index contributed by atoms with van der Waals surface area (Å²) in [5, 5.41) is 8.91. The summed E-state index contributed by atoms with van der Waals surface area (Å²) in [7, 11) is 0. The highest BCUT2D eigenvalue weighted by molar-refractivity contribution is 5.97. The highest BCUT2D eigenvalue weighted by atomic mass is 16.2. The lowest BCUT2D eigenvalue weighted by molar-refractivity contribution is -0.117. The van der Waals surface area contributed by atoms with Crippen LogP contribution >= 0.6 is 0 Å². The predicted octanol–water partition coefficient (Wildman–Crippen LogP) is 1.62. The number of hydrogen-bond acceptors (Lipinski definition) is 5. The van der Waals surface area contributed by atoms with Gasteiger partial charge in [-0.05, 0) is 30.7 Å². The van der Waals surface area contributed by atoms with Crippen LogP contribution in [0, 0.1) is 16.7 Å². The quantitative estimate of drug-likeness (QED) is 0.823. The lowest BCUT2D eigenvalue weighted by atomic mass is 9.86. The molecule has 1 atom stereocenters. The van der Waals surface area contributed by atoms with Crippen LogP contribution in [0.25, 0.3) is 0 Å². The van der Waals surface area contributed by atoms with Gasteiger partial charge in [0, 0.05) is 49.6 Å². The average Bonchev–Trinajstić information content (AvgIpc) is 3.25. The van der Waals surface area contributed by atoms with E-state index in [0.717, 1.165) is 12.1 Å². The van der Waals surface area contributed by atoms with Crippen molar-refractivity contribution in [2.24, 2.45) is 5.41 Å². The molecular formula is C19H17N5O2. The summed E-state index contributed by atoms with van der Waals surface area (Å²) >= 11 is 0. The molecular weight excluding hydrogens is 330 g/mol. The van der Waals surface area contributed by atoms with Gasteiger partial charge in [0.1, 0.15) is 5.69 Å². The molecule has 0 N–H and O–H groups in total. The molecule has 0 radical (unpaired) electrons. The van der Waals surface area contributed by atoms with E-state index in [-0.39, 0.29) is 17.2 Å². The number of carbonyl (C=O) groups excluding carboxylic acids is 2. The third-order valence-electron chi connectivity index (χ3n) is 5.14. The van der Waals surface area contributed by atoms with Gasteiger partial charge in [-0.1, -0.05) is 0 Å². The summed E-state index contributed by atoms with van der Waals surface area (Å²) < 4.78 is 0. The monoisotopic (exact) mass is 347 g/mol. The standard InChI is InChI=1S/C19H17N5O2/c20-10-14-1-3-15(4-2-14)24-13-19(9-17(24)25)5-8-23(12-19)18(26)16-11-21-6-7-22-16/h1-4,6-7,11H,5,8-9,12-13H2/t19-/m0/s1. The van der Waals surface area contributed by atoms with Gasteiger partial charge in [0.05, 0.1) is 17.8 Å². The number of benzene rings is 1. The van der Waals surface area contributed by atoms with Crippen LogP contribution in [0.1, 0.15) is 28.9 Å². The maximum atomic E-state index is 12.6. The lowest BCUT2D eigenvalue weighted by Crippen LogP contribution is -2.34. The second kappa shape index (κ2) is 6.23. The molecule has 130 valence electrons. The van der Waals surface area contributed by atoms with Crippen molar-refractivity contribution in [2.45, 2.75) is 12.8 Å². The molecule has 7 heteroatoms. The smallest absolute Gasteiger partial charge is 0.274 e. The molecule has 2 aliphatic rings. The van der Waals surface area contributed by atoms with Crippen molar-refractivity contribution in [1.29, 1.82) is 5.26 Å². The third-order valence-corrected chi connectivity index (χ3v) is 5.14. The highest BCUT2D eigenvalue weighted by Crippen LogP contribution is 2.42. The number of hydrogen-bond donors (Lipinski definition) is 0. The number of aromatic nitrogens is 2. The van der Waals surface area contributed by atoms with Crippen molar-refractivity contribution in [2.75, 3.05) is 24.5 Å². The van der Waals surface area contributed by atoms with E-state index in [9.17, 15) is 9.59 Å². The van der Waals surface area contributed by atoms with Gasteiger partial charge in [0.25, 0.3) is 5.91 Å². The first-order valence-corrected chi connectivity index (χ1v) is 8.46. The zero-order chi connectivity index (χ0) is 18.1. The number of amides is 2. The first-order valence-electron chi connectivity index (χ1n) is 8.46. The first-order chi connectivity index (χ1) is 12.6. The second-order valence-corrected chi connectivity index (χ2v) is 6.88. The first kappa shape index (κ1) is 16.2. The Bertz CT molecular complexity index is 890. The Morgan fingerprint density at radius 3 is 2.69 bits per heavy atom. The molecule has 0 saturated carbocycles. The zero-order valence-corrected chi connectivity index (χ0v) is 14.1. The van der Waals surface area contributed by atoms with Crippen LogP contribution in [0.15, 0.2) is 42.9 Å². The minimum absolute atomic E-state index is 0.0588. The highest BCUT2D eigenvalue weighted by Gasteiger charge is 2.49. The van der Waals surface area contributed by atoms with E-state index in [1.165, 1.54) is 18.6 Å². The maximum Gasteiger partial charge on any atom is 0.274 e. The summed E-state index contributed by atoms with van der Waals surface area (Å²) in [5.74, 6) is -0.0808. The molecule has 0 bridgehead atoms. The van der Waals surface area contributed by atoms with Gasteiger partial charge in [0.2, 0.25) is 5.91 Å². The topological polar surface area (TPSA) is 90.2 Å². The van der Waals surface area contributed by atoms with E-state index < -0.39 is 0 Å². The Kier molecular flexibility index (Phi) is 3.88. The van der Waals surface area contributed by atoms with Crippen LogP contribution in [0.4, 0.5) is 5.69 Å². The number of likely N-dealkylation sites (tertiary alicyclic amines) is 1. The second-order valence-electron chi connectivity index (χ2n) is 6.88. The Morgan fingerprint density at radius 2 is 2.00 bits per heavy atom. The molecule has 0 aliphatic carbocycles. The van der Waals surface area contributed by atoms with Crippen molar-refractivity contribution >= 4 is 17.5 Å². The third kappa shape index (κ3) is 2.80. The van der Waals surface area contributed by atoms with Gasteiger partial charge in [-0.3, -0.25) is 14.6 Å². The van der Waals surface area contributed by atoms with Gasteiger partial charge < -0.3 is 9.80 Å². The predicted molar refractivity (Wildman–Crippen MR) is 93.1 cm³/mol. The lowest BCUT2D eigenvalue weighted by Gasteiger charge is -2.24. The minimum atomic E-state index is -0.219. The van der Waals surface area contributed by atoms with E-state index >= 15 is 0 Å². The van der Waals surface area contributed by atoms with Crippen LogP contribution in [0.5, 0.6) is 0 Å². The molecule has 2 amide bonds. The van der Waals surface area contributed by atoms with Crippen LogP contribution < -0.4 is 4.90 Å². The molecule has 4 rings (SSSR count). The number of carbonyl (C=O) groups is 2. The summed E-state index contributed by atoms with van der Waals surface area (Å²) in [6.45, 7) is 1.74. The van der Waals surface area contributed by atoms with Gasteiger partial charge >= 0.3 is 0 Å².